The number of aryl methyl sites for hydroxylation is 1. The number of benzene rings is 1. The molecule has 3 aromatic rings. The Morgan fingerprint density at radius 3 is 2.61 bits per heavy atom. The number of nitrogens with one attached hydrogen (secondary N) is 2. The van der Waals surface area contributed by atoms with Crippen LogP contribution in [0.1, 0.15) is 31.1 Å². The van der Waals surface area contributed by atoms with Crippen LogP contribution in [0.3, 0.4) is 0 Å². The molecular weight excluding hydrogens is 290 g/mol. The van der Waals surface area contributed by atoms with E-state index >= 15 is 0 Å². The Morgan fingerprint density at radius 1 is 1.04 bits per heavy atom. The molecule has 1 aromatic carbocycles. The van der Waals surface area contributed by atoms with Gasteiger partial charge in [-0.05, 0) is 30.5 Å². The van der Waals surface area contributed by atoms with Crippen molar-refractivity contribution < 1.29 is 4.52 Å². The molecule has 0 saturated carbocycles. The first-order valence-electron chi connectivity index (χ1n) is 7.51. The van der Waals surface area contributed by atoms with Crippen molar-refractivity contribution in [2.75, 3.05) is 10.6 Å². The zero-order valence-electron chi connectivity index (χ0n) is 13.4. The molecule has 118 valence electrons. The Labute approximate surface area is 135 Å². The zero-order valence-corrected chi connectivity index (χ0v) is 13.4. The highest BCUT2D eigenvalue weighted by molar-refractivity contribution is 5.61. The largest absolute Gasteiger partial charge is 0.360 e. The summed E-state index contributed by atoms with van der Waals surface area (Å²) in [6, 6.07) is 11.8. The quantitative estimate of drug-likeness (QED) is 0.728. The monoisotopic (exact) mass is 309 g/mol. The van der Waals surface area contributed by atoms with Gasteiger partial charge in [0.05, 0.1) is 0 Å². The van der Waals surface area contributed by atoms with Gasteiger partial charge < -0.3 is 15.2 Å². The van der Waals surface area contributed by atoms with Gasteiger partial charge in [0.25, 0.3) is 0 Å². The van der Waals surface area contributed by atoms with Crippen LogP contribution in [-0.2, 0) is 0 Å². The summed E-state index contributed by atoms with van der Waals surface area (Å²) < 4.78 is 5.03. The fourth-order valence-corrected chi connectivity index (χ4v) is 2.28. The fourth-order valence-electron chi connectivity index (χ4n) is 2.28. The van der Waals surface area contributed by atoms with Gasteiger partial charge in [0.1, 0.15) is 11.6 Å². The van der Waals surface area contributed by atoms with Crippen LogP contribution in [0, 0.1) is 6.92 Å². The highest BCUT2D eigenvalue weighted by Crippen LogP contribution is 2.26. The minimum Gasteiger partial charge on any atom is -0.360 e. The molecule has 0 aliphatic heterocycles. The van der Waals surface area contributed by atoms with Crippen LogP contribution in [0.25, 0.3) is 0 Å². The Hall–Kier alpha value is -2.89. The van der Waals surface area contributed by atoms with Crippen LogP contribution in [0.5, 0.6) is 0 Å². The fraction of sp³-hybridized carbons (Fsp3) is 0.235. The number of hydrogen-bond donors (Lipinski definition) is 2. The van der Waals surface area contributed by atoms with Crippen molar-refractivity contribution in [1.29, 1.82) is 0 Å². The summed E-state index contributed by atoms with van der Waals surface area (Å²) in [7, 11) is 0. The minimum atomic E-state index is 0.415. The van der Waals surface area contributed by atoms with Gasteiger partial charge in [0.2, 0.25) is 5.95 Å². The molecular formula is C17H19N5O. The molecule has 0 atom stereocenters. The average molecular weight is 309 g/mol. The first kappa shape index (κ1) is 15.0. The van der Waals surface area contributed by atoms with E-state index < -0.39 is 0 Å². The zero-order chi connectivity index (χ0) is 16.2. The van der Waals surface area contributed by atoms with E-state index in [1.165, 1.54) is 5.56 Å². The van der Waals surface area contributed by atoms with Crippen LogP contribution in [0.4, 0.5) is 23.3 Å². The Balaban J connectivity index is 1.80. The molecule has 0 radical (unpaired) electrons. The van der Waals surface area contributed by atoms with Crippen molar-refractivity contribution in [3.8, 4) is 0 Å². The Morgan fingerprint density at radius 2 is 1.87 bits per heavy atom. The van der Waals surface area contributed by atoms with Gasteiger partial charge in [-0.2, -0.15) is 4.98 Å². The first-order chi connectivity index (χ1) is 11.1. The van der Waals surface area contributed by atoms with E-state index in [0.29, 0.717) is 23.5 Å². The molecule has 0 spiro atoms. The van der Waals surface area contributed by atoms with Gasteiger partial charge in [-0.15, -0.1) is 0 Å². The highest BCUT2D eigenvalue weighted by Gasteiger charge is 2.08. The van der Waals surface area contributed by atoms with Gasteiger partial charge in [-0.3, -0.25) is 0 Å². The van der Waals surface area contributed by atoms with Crippen molar-refractivity contribution in [2.24, 2.45) is 0 Å². The topological polar surface area (TPSA) is 75.9 Å². The molecule has 2 N–H and O–H groups in total. The molecule has 0 fully saturated rings. The van der Waals surface area contributed by atoms with Gasteiger partial charge >= 0.3 is 0 Å². The molecule has 0 aliphatic carbocycles. The summed E-state index contributed by atoms with van der Waals surface area (Å²) in [5.74, 6) is 2.96. The van der Waals surface area contributed by atoms with Crippen molar-refractivity contribution in [2.45, 2.75) is 26.7 Å². The molecule has 2 aromatic heterocycles. The predicted octanol–water partition coefficient (Wildman–Crippen LogP) is 4.38. The Bertz CT molecular complexity index is 797. The summed E-state index contributed by atoms with van der Waals surface area (Å²) in [6.45, 7) is 6.16. The van der Waals surface area contributed by atoms with E-state index in [1.807, 2.05) is 31.2 Å². The lowest BCUT2D eigenvalue weighted by Crippen LogP contribution is -2.03. The second-order valence-electron chi connectivity index (χ2n) is 5.58. The van der Waals surface area contributed by atoms with E-state index in [2.05, 4.69) is 45.7 Å². The van der Waals surface area contributed by atoms with Crippen LogP contribution in [0.15, 0.2) is 47.1 Å². The molecule has 0 unspecified atom stereocenters. The number of nitrogens with zero attached hydrogens (tertiary/aromatic N) is 3. The summed E-state index contributed by atoms with van der Waals surface area (Å²) >= 11 is 0. The number of rotatable bonds is 5. The molecule has 3 rings (SSSR count). The second kappa shape index (κ2) is 6.48. The van der Waals surface area contributed by atoms with Crippen LogP contribution in [-0.4, -0.2) is 15.1 Å². The van der Waals surface area contributed by atoms with Crippen LogP contribution < -0.4 is 10.6 Å². The summed E-state index contributed by atoms with van der Waals surface area (Å²) in [5.41, 5.74) is 2.23. The van der Waals surface area contributed by atoms with Crippen LogP contribution in [0.2, 0.25) is 0 Å². The molecule has 0 bridgehead atoms. The van der Waals surface area contributed by atoms with E-state index in [0.717, 1.165) is 11.4 Å². The van der Waals surface area contributed by atoms with Crippen LogP contribution >= 0.6 is 0 Å². The standard InChI is InChI=1S/C17H19N5O/c1-11(2)13-6-4-5-7-14(13)19-17-18-9-8-15(21-17)20-16-10-12(3)23-22-16/h4-11H,1-3H3,(H2,18,19,20,21,22). The summed E-state index contributed by atoms with van der Waals surface area (Å²) in [4.78, 5) is 8.73. The number of aromatic nitrogens is 3. The molecule has 23 heavy (non-hydrogen) atoms. The Kier molecular flexibility index (Phi) is 4.23. The van der Waals surface area contributed by atoms with E-state index in [1.54, 1.807) is 12.3 Å². The third-order valence-electron chi connectivity index (χ3n) is 3.37. The third kappa shape index (κ3) is 3.66. The number of para-hydroxylation sites is 1. The first-order valence-corrected chi connectivity index (χ1v) is 7.51. The number of hydrogen-bond acceptors (Lipinski definition) is 6. The van der Waals surface area contributed by atoms with E-state index in [4.69, 9.17) is 4.52 Å². The second-order valence-corrected chi connectivity index (χ2v) is 5.58. The molecule has 0 aliphatic rings. The highest BCUT2D eigenvalue weighted by atomic mass is 16.5. The van der Waals surface area contributed by atoms with Crippen molar-refractivity contribution in [3.05, 3.63) is 53.9 Å². The van der Waals surface area contributed by atoms with Gasteiger partial charge in [-0.1, -0.05) is 37.2 Å². The van der Waals surface area contributed by atoms with E-state index in [-0.39, 0.29) is 0 Å². The number of anilines is 4. The molecule has 0 saturated heterocycles. The molecule has 2 heterocycles. The maximum Gasteiger partial charge on any atom is 0.229 e. The van der Waals surface area contributed by atoms with Crippen molar-refractivity contribution in [3.63, 3.8) is 0 Å². The van der Waals surface area contributed by atoms with Crippen molar-refractivity contribution >= 4 is 23.3 Å². The summed E-state index contributed by atoms with van der Waals surface area (Å²) in [6.07, 6.45) is 1.70. The maximum atomic E-state index is 5.03. The maximum absolute atomic E-state index is 5.03. The minimum absolute atomic E-state index is 0.415. The molecule has 0 amide bonds. The van der Waals surface area contributed by atoms with Gasteiger partial charge in [-0.25, -0.2) is 4.98 Å². The van der Waals surface area contributed by atoms with Crippen molar-refractivity contribution in [1.82, 2.24) is 15.1 Å². The average Bonchev–Trinajstić information content (AvgIpc) is 2.93. The SMILES string of the molecule is Cc1cc(Nc2ccnc(Nc3ccccc3C(C)C)n2)no1. The van der Waals surface area contributed by atoms with Gasteiger partial charge in [0, 0.05) is 18.0 Å². The molecule has 6 heteroatoms. The van der Waals surface area contributed by atoms with E-state index in [9.17, 15) is 0 Å². The lowest BCUT2D eigenvalue weighted by Gasteiger charge is -2.13. The smallest absolute Gasteiger partial charge is 0.229 e. The normalized spacial score (nSPS) is 10.8. The molecule has 6 nitrogen and oxygen atoms in total. The summed E-state index contributed by atoms with van der Waals surface area (Å²) in [5, 5.41) is 10.3. The van der Waals surface area contributed by atoms with Gasteiger partial charge in [0.15, 0.2) is 5.82 Å². The lowest BCUT2D eigenvalue weighted by atomic mass is 10.0. The third-order valence-corrected chi connectivity index (χ3v) is 3.37. The predicted molar refractivity (Wildman–Crippen MR) is 90.4 cm³/mol. The lowest BCUT2D eigenvalue weighted by molar-refractivity contribution is 0.400.